The maximum absolute atomic E-state index is 6.35. The smallest absolute Gasteiger partial charge is 0.133 e. The molecule has 21 heavy (non-hydrogen) atoms. The molecule has 0 saturated carbocycles. The fourth-order valence-electron chi connectivity index (χ4n) is 2.18. The van der Waals surface area contributed by atoms with Crippen molar-refractivity contribution < 1.29 is 4.74 Å². The minimum absolute atomic E-state index is 0.209. The lowest BCUT2D eigenvalue weighted by molar-refractivity contribution is 0.315. The molecule has 0 aliphatic carbocycles. The van der Waals surface area contributed by atoms with E-state index in [1.54, 1.807) is 0 Å². The van der Waals surface area contributed by atoms with Crippen LogP contribution in [0.4, 0.5) is 0 Å². The number of hydrogen-bond acceptors (Lipinski definition) is 2. The topological polar surface area (TPSA) is 35.2 Å². The van der Waals surface area contributed by atoms with Gasteiger partial charge in [-0.15, -0.1) is 0 Å². The van der Waals surface area contributed by atoms with E-state index in [1.165, 1.54) is 0 Å². The van der Waals surface area contributed by atoms with Crippen molar-refractivity contribution in [3.8, 4) is 5.75 Å². The van der Waals surface area contributed by atoms with Gasteiger partial charge in [0.2, 0.25) is 0 Å². The van der Waals surface area contributed by atoms with E-state index in [2.05, 4.69) is 28.9 Å². The summed E-state index contributed by atoms with van der Waals surface area (Å²) in [5, 5.41) is 0.711. The van der Waals surface area contributed by atoms with Gasteiger partial charge < -0.3 is 10.5 Å². The number of aryl methyl sites for hydroxylation is 1. The molecule has 0 bridgehead atoms. The Hall–Kier alpha value is -1.03. The third-order valence-electron chi connectivity index (χ3n) is 3.20. The van der Waals surface area contributed by atoms with Gasteiger partial charge in [-0.25, -0.2) is 0 Å². The molecule has 0 saturated heterocycles. The first-order valence-corrected chi connectivity index (χ1v) is 8.13. The van der Waals surface area contributed by atoms with Crippen molar-refractivity contribution in [3.63, 3.8) is 0 Å². The van der Waals surface area contributed by atoms with E-state index < -0.39 is 0 Å². The van der Waals surface area contributed by atoms with E-state index in [0.29, 0.717) is 11.6 Å². The van der Waals surface area contributed by atoms with E-state index >= 15 is 0 Å². The monoisotopic (exact) mass is 367 g/mol. The molecule has 4 heteroatoms. The van der Waals surface area contributed by atoms with Crippen LogP contribution in [0.25, 0.3) is 0 Å². The maximum atomic E-state index is 6.35. The molecule has 2 N–H and O–H groups in total. The van der Waals surface area contributed by atoms with Gasteiger partial charge in [-0.1, -0.05) is 30.7 Å². The average molecular weight is 369 g/mol. The van der Waals surface area contributed by atoms with Crippen LogP contribution in [0, 0.1) is 6.92 Å². The van der Waals surface area contributed by atoms with Gasteiger partial charge in [-0.2, -0.15) is 0 Å². The summed E-state index contributed by atoms with van der Waals surface area (Å²) in [4.78, 5) is 0. The number of rotatable bonds is 5. The van der Waals surface area contributed by atoms with Crippen LogP contribution in [0.5, 0.6) is 5.75 Å². The van der Waals surface area contributed by atoms with Gasteiger partial charge in [0.1, 0.15) is 5.75 Å². The Bertz CT molecular complexity index is 610. The number of nitrogens with two attached hydrogens (primary N) is 1. The highest BCUT2D eigenvalue weighted by Crippen LogP contribution is 2.31. The standard InChI is InChI=1S/C17H19BrClNO/c1-3-6-21-16-5-4-12(10-15(16)18)17(20)13-7-11(2)8-14(19)9-13/h4-5,7-10,17H,3,6,20H2,1-2H3. The molecule has 2 aromatic rings. The Balaban J connectivity index is 2.26. The van der Waals surface area contributed by atoms with Crippen LogP contribution in [-0.2, 0) is 0 Å². The lowest BCUT2D eigenvalue weighted by Crippen LogP contribution is -2.12. The third kappa shape index (κ3) is 4.22. The molecule has 112 valence electrons. The Morgan fingerprint density at radius 2 is 1.95 bits per heavy atom. The second kappa shape index (κ2) is 7.30. The zero-order chi connectivity index (χ0) is 15.4. The van der Waals surface area contributed by atoms with Crippen molar-refractivity contribution in [2.45, 2.75) is 26.3 Å². The molecule has 0 spiro atoms. The summed E-state index contributed by atoms with van der Waals surface area (Å²) in [6, 6.07) is 11.6. The number of ether oxygens (including phenoxy) is 1. The van der Waals surface area contributed by atoms with Crippen LogP contribution in [0.3, 0.4) is 0 Å². The van der Waals surface area contributed by atoms with Gasteiger partial charge in [0, 0.05) is 5.02 Å². The molecular weight excluding hydrogens is 350 g/mol. The van der Waals surface area contributed by atoms with Crippen LogP contribution in [0.2, 0.25) is 5.02 Å². The van der Waals surface area contributed by atoms with E-state index in [-0.39, 0.29) is 6.04 Å². The highest BCUT2D eigenvalue weighted by atomic mass is 79.9. The van der Waals surface area contributed by atoms with Crippen molar-refractivity contribution in [1.29, 1.82) is 0 Å². The van der Waals surface area contributed by atoms with Crippen LogP contribution in [-0.4, -0.2) is 6.61 Å². The van der Waals surface area contributed by atoms with Crippen LogP contribution in [0.1, 0.15) is 36.1 Å². The Kier molecular flexibility index (Phi) is 5.68. The lowest BCUT2D eigenvalue weighted by Gasteiger charge is -2.16. The number of halogens is 2. The van der Waals surface area contributed by atoms with Gasteiger partial charge in [-0.05, 0) is 70.2 Å². The molecule has 2 aromatic carbocycles. The largest absolute Gasteiger partial charge is 0.492 e. The molecule has 2 nitrogen and oxygen atoms in total. The first kappa shape index (κ1) is 16.3. The average Bonchev–Trinajstić information content (AvgIpc) is 2.44. The number of benzene rings is 2. The lowest BCUT2D eigenvalue weighted by atomic mass is 9.98. The molecule has 0 aliphatic heterocycles. The molecule has 0 fully saturated rings. The minimum atomic E-state index is -0.209. The highest BCUT2D eigenvalue weighted by molar-refractivity contribution is 9.10. The summed E-state index contributed by atoms with van der Waals surface area (Å²) in [6.07, 6.45) is 0.982. The second-order valence-corrected chi connectivity index (χ2v) is 6.37. The van der Waals surface area contributed by atoms with Crippen molar-refractivity contribution in [1.82, 2.24) is 0 Å². The van der Waals surface area contributed by atoms with Gasteiger partial charge in [-0.3, -0.25) is 0 Å². The van der Waals surface area contributed by atoms with E-state index in [4.69, 9.17) is 22.1 Å². The van der Waals surface area contributed by atoms with Crippen LogP contribution >= 0.6 is 27.5 Å². The Morgan fingerprint density at radius 3 is 2.57 bits per heavy atom. The van der Waals surface area contributed by atoms with Crippen molar-refractivity contribution >= 4 is 27.5 Å². The molecule has 0 heterocycles. The fraction of sp³-hybridized carbons (Fsp3) is 0.294. The van der Waals surface area contributed by atoms with Gasteiger partial charge in [0.25, 0.3) is 0 Å². The van der Waals surface area contributed by atoms with Gasteiger partial charge in [0.05, 0.1) is 17.1 Å². The highest BCUT2D eigenvalue weighted by Gasteiger charge is 2.12. The summed E-state index contributed by atoms with van der Waals surface area (Å²) in [5.41, 5.74) is 9.49. The summed E-state index contributed by atoms with van der Waals surface area (Å²) >= 11 is 9.65. The van der Waals surface area contributed by atoms with E-state index in [9.17, 15) is 0 Å². The molecule has 0 radical (unpaired) electrons. The zero-order valence-corrected chi connectivity index (χ0v) is 14.5. The molecule has 1 unspecified atom stereocenters. The Labute approximate surface area is 139 Å². The molecule has 0 aromatic heterocycles. The predicted molar refractivity (Wildman–Crippen MR) is 92.1 cm³/mol. The summed E-state index contributed by atoms with van der Waals surface area (Å²) in [5.74, 6) is 0.843. The normalized spacial score (nSPS) is 12.2. The molecule has 0 aliphatic rings. The third-order valence-corrected chi connectivity index (χ3v) is 4.04. The molecule has 0 amide bonds. The van der Waals surface area contributed by atoms with Crippen molar-refractivity contribution in [2.24, 2.45) is 5.73 Å². The van der Waals surface area contributed by atoms with Gasteiger partial charge in [0.15, 0.2) is 0 Å². The van der Waals surface area contributed by atoms with Gasteiger partial charge >= 0.3 is 0 Å². The first-order chi connectivity index (χ1) is 10.0. The zero-order valence-electron chi connectivity index (χ0n) is 12.2. The predicted octanol–water partition coefficient (Wildman–Crippen LogP) is 5.25. The fourth-order valence-corrected chi connectivity index (χ4v) is 2.99. The van der Waals surface area contributed by atoms with Crippen molar-refractivity contribution in [2.75, 3.05) is 6.61 Å². The molecule has 2 rings (SSSR count). The Morgan fingerprint density at radius 1 is 1.19 bits per heavy atom. The second-order valence-electron chi connectivity index (χ2n) is 5.08. The molecule has 1 atom stereocenters. The van der Waals surface area contributed by atoms with E-state index in [0.717, 1.165) is 33.3 Å². The number of hydrogen-bond donors (Lipinski definition) is 1. The summed E-state index contributed by atoms with van der Waals surface area (Å²) in [7, 11) is 0. The maximum Gasteiger partial charge on any atom is 0.133 e. The minimum Gasteiger partial charge on any atom is -0.492 e. The van der Waals surface area contributed by atoms with Crippen LogP contribution in [0.15, 0.2) is 40.9 Å². The van der Waals surface area contributed by atoms with E-state index in [1.807, 2.05) is 37.3 Å². The van der Waals surface area contributed by atoms with Crippen molar-refractivity contribution in [3.05, 3.63) is 62.6 Å². The quantitative estimate of drug-likeness (QED) is 0.782. The first-order valence-electron chi connectivity index (χ1n) is 6.96. The summed E-state index contributed by atoms with van der Waals surface area (Å²) < 4.78 is 6.57. The van der Waals surface area contributed by atoms with Crippen LogP contribution < -0.4 is 10.5 Å². The summed E-state index contributed by atoms with van der Waals surface area (Å²) in [6.45, 7) is 4.80. The SMILES string of the molecule is CCCOc1ccc(C(N)c2cc(C)cc(Cl)c2)cc1Br. The molecular formula is C17H19BrClNO.